The van der Waals surface area contributed by atoms with Gasteiger partial charge in [0.2, 0.25) is 0 Å². The smallest absolute Gasteiger partial charge is 0.0204 e. The van der Waals surface area contributed by atoms with Crippen molar-refractivity contribution in [3.63, 3.8) is 0 Å². The molecule has 0 N–H and O–H groups in total. The van der Waals surface area contributed by atoms with Gasteiger partial charge in [0.25, 0.3) is 0 Å². The van der Waals surface area contributed by atoms with Gasteiger partial charge in [-0.25, -0.2) is 0 Å². The second-order valence-corrected chi connectivity index (χ2v) is 5.10. The summed E-state index contributed by atoms with van der Waals surface area (Å²) < 4.78 is 1.15. The minimum Gasteiger partial charge on any atom is -0.148 e. The van der Waals surface area contributed by atoms with Crippen LogP contribution in [0.2, 0.25) is 0 Å². The molecule has 0 heterocycles. The minimum absolute atomic E-state index is 0.488. The van der Waals surface area contributed by atoms with Crippen molar-refractivity contribution in [2.75, 3.05) is 0 Å². The molecule has 0 saturated heterocycles. The molecular formula is C12H15BrS. The SMILES string of the molecule is Cc1cc(/C=C(\S)C(C)C)ccc1Br. The lowest BCUT2D eigenvalue weighted by Crippen LogP contribution is -1.86. The Bertz CT molecular complexity index is 353. The van der Waals surface area contributed by atoms with E-state index in [-0.39, 0.29) is 0 Å². The molecule has 76 valence electrons. The van der Waals surface area contributed by atoms with Crippen molar-refractivity contribution in [1.29, 1.82) is 0 Å². The molecule has 0 radical (unpaired) electrons. The fourth-order valence-corrected chi connectivity index (χ4v) is 1.49. The van der Waals surface area contributed by atoms with Crippen LogP contribution in [0, 0.1) is 12.8 Å². The second kappa shape index (κ2) is 5.04. The van der Waals surface area contributed by atoms with E-state index in [9.17, 15) is 0 Å². The summed E-state index contributed by atoms with van der Waals surface area (Å²) in [5.41, 5.74) is 2.47. The van der Waals surface area contributed by atoms with Crippen LogP contribution in [-0.2, 0) is 0 Å². The number of aryl methyl sites for hydroxylation is 1. The second-order valence-electron chi connectivity index (χ2n) is 3.73. The van der Waals surface area contributed by atoms with Gasteiger partial charge in [-0.1, -0.05) is 41.9 Å². The predicted octanol–water partition coefficient (Wildman–Crippen LogP) is 4.68. The van der Waals surface area contributed by atoms with Crippen molar-refractivity contribution >= 4 is 34.6 Å². The van der Waals surface area contributed by atoms with Crippen molar-refractivity contribution < 1.29 is 0 Å². The molecule has 0 aliphatic heterocycles. The number of hydrogen-bond donors (Lipinski definition) is 1. The molecule has 14 heavy (non-hydrogen) atoms. The zero-order chi connectivity index (χ0) is 10.7. The Balaban J connectivity index is 2.98. The van der Waals surface area contributed by atoms with Crippen LogP contribution < -0.4 is 0 Å². The molecule has 1 rings (SSSR count). The summed E-state index contributed by atoms with van der Waals surface area (Å²) in [6, 6.07) is 6.32. The molecular weight excluding hydrogens is 256 g/mol. The molecule has 0 aliphatic carbocycles. The first-order chi connectivity index (χ1) is 6.50. The molecule has 0 nitrogen and oxygen atoms in total. The van der Waals surface area contributed by atoms with E-state index in [0.717, 1.165) is 9.38 Å². The van der Waals surface area contributed by atoms with Crippen LogP contribution in [-0.4, -0.2) is 0 Å². The van der Waals surface area contributed by atoms with Crippen LogP contribution in [0.15, 0.2) is 27.6 Å². The number of rotatable bonds is 2. The summed E-state index contributed by atoms with van der Waals surface area (Å²) in [6.45, 7) is 6.38. The van der Waals surface area contributed by atoms with Crippen molar-refractivity contribution in [3.05, 3.63) is 38.7 Å². The number of thiol groups is 1. The van der Waals surface area contributed by atoms with Crippen LogP contribution in [0.25, 0.3) is 6.08 Å². The van der Waals surface area contributed by atoms with Gasteiger partial charge in [0.1, 0.15) is 0 Å². The average Bonchev–Trinajstić information content (AvgIpc) is 2.11. The van der Waals surface area contributed by atoms with Crippen LogP contribution >= 0.6 is 28.6 Å². The molecule has 0 spiro atoms. The summed E-state index contributed by atoms with van der Waals surface area (Å²) >= 11 is 7.93. The number of allylic oxidation sites excluding steroid dienone is 1. The Labute approximate surface area is 100.0 Å². The van der Waals surface area contributed by atoms with Gasteiger partial charge in [0, 0.05) is 4.47 Å². The molecule has 2 heteroatoms. The topological polar surface area (TPSA) is 0 Å². The lowest BCUT2D eigenvalue weighted by atomic mass is 10.1. The molecule has 1 aromatic carbocycles. The molecule has 0 fully saturated rings. The Hall–Kier alpha value is -0.210. The van der Waals surface area contributed by atoms with Crippen LogP contribution in [0.3, 0.4) is 0 Å². The Morgan fingerprint density at radius 1 is 1.43 bits per heavy atom. The minimum atomic E-state index is 0.488. The summed E-state index contributed by atoms with van der Waals surface area (Å²) in [5.74, 6) is 0.488. The maximum atomic E-state index is 4.45. The standard InChI is InChI=1S/C12H15BrS/c1-8(2)12(14)7-10-4-5-11(13)9(3)6-10/h4-8,14H,1-3H3/b12-7-. The van der Waals surface area contributed by atoms with Crippen molar-refractivity contribution in [2.45, 2.75) is 20.8 Å². The van der Waals surface area contributed by atoms with E-state index < -0.39 is 0 Å². The quantitative estimate of drug-likeness (QED) is 0.741. The largest absolute Gasteiger partial charge is 0.148 e. The summed E-state index contributed by atoms with van der Waals surface area (Å²) in [7, 11) is 0. The monoisotopic (exact) mass is 270 g/mol. The highest BCUT2D eigenvalue weighted by Crippen LogP contribution is 2.21. The van der Waals surface area contributed by atoms with Gasteiger partial charge in [0.05, 0.1) is 0 Å². The van der Waals surface area contributed by atoms with Gasteiger partial charge in [0.15, 0.2) is 0 Å². The summed E-state index contributed by atoms with van der Waals surface area (Å²) in [6.07, 6.45) is 2.12. The van der Waals surface area contributed by atoms with E-state index in [0.29, 0.717) is 5.92 Å². The Morgan fingerprint density at radius 3 is 2.57 bits per heavy atom. The van der Waals surface area contributed by atoms with Gasteiger partial charge in [-0.3, -0.25) is 0 Å². The van der Waals surface area contributed by atoms with Gasteiger partial charge < -0.3 is 0 Å². The highest BCUT2D eigenvalue weighted by molar-refractivity contribution is 9.10. The predicted molar refractivity (Wildman–Crippen MR) is 70.7 cm³/mol. The third-order valence-electron chi connectivity index (χ3n) is 2.09. The normalized spacial score (nSPS) is 12.3. The van der Waals surface area contributed by atoms with Crippen LogP contribution in [0.1, 0.15) is 25.0 Å². The maximum Gasteiger partial charge on any atom is 0.0204 e. The van der Waals surface area contributed by atoms with Gasteiger partial charge in [-0.15, -0.1) is 12.6 Å². The first kappa shape index (κ1) is 11.9. The fraction of sp³-hybridized carbons (Fsp3) is 0.333. The van der Waals surface area contributed by atoms with Gasteiger partial charge >= 0.3 is 0 Å². The number of halogens is 1. The summed E-state index contributed by atoms with van der Waals surface area (Å²) in [5, 5.41) is 0. The first-order valence-electron chi connectivity index (χ1n) is 4.67. The van der Waals surface area contributed by atoms with E-state index in [1.165, 1.54) is 11.1 Å². The van der Waals surface area contributed by atoms with Crippen LogP contribution in [0.5, 0.6) is 0 Å². The lowest BCUT2D eigenvalue weighted by molar-refractivity contribution is 0.823. The number of hydrogen-bond acceptors (Lipinski definition) is 1. The van der Waals surface area contributed by atoms with E-state index in [4.69, 9.17) is 0 Å². The third kappa shape index (κ3) is 3.18. The molecule has 0 bridgehead atoms. The van der Waals surface area contributed by atoms with Crippen molar-refractivity contribution in [2.24, 2.45) is 5.92 Å². The first-order valence-corrected chi connectivity index (χ1v) is 5.91. The van der Waals surface area contributed by atoms with E-state index in [1.807, 2.05) is 0 Å². The molecule has 0 atom stereocenters. The highest BCUT2D eigenvalue weighted by Gasteiger charge is 1.99. The van der Waals surface area contributed by atoms with Crippen molar-refractivity contribution in [1.82, 2.24) is 0 Å². The molecule has 0 amide bonds. The summed E-state index contributed by atoms with van der Waals surface area (Å²) in [4.78, 5) is 1.12. The zero-order valence-electron chi connectivity index (χ0n) is 8.71. The molecule has 0 aliphatic rings. The zero-order valence-corrected chi connectivity index (χ0v) is 11.2. The lowest BCUT2D eigenvalue weighted by Gasteiger charge is -2.05. The van der Waals surface area contributed by atoms with Gasteiger partial charge in [-0.2, -0.15) is 0 Å². The van der Waals surface area contributed by atoms with E-state index in [1.54, 1.807) is 0 Å². The molecule has 1 aromatic rings. The third-order valence-corrected chi connectivity index (χ3v) is 3.62. The highest BCUT2D eigenvalue weighted by atomic mass is 79.9. The van der Waals surface area contributed by atoms with Gasteiger partial charge in [-0.05, 0) is 41.0 Å². The molecule has 0 aromatic heterocycles. The number of benzene rings is 1. The van der Waals surface area contributed by atoms with Crippen LogP contribution in [0.4, 0.5) is 0 Å². The van der Waals surface area contributed by atoms with E-state index in [2.05, 4.69) is 73.6 Å². The van der Waals surface area contributed by atoms with Crippen molar-refractivity contribution in [3.8, 4) is 0 Å². The Morgan fingerprint density at radius 2 is 2.07 bits per heavy atom. The average molecular weight is 271 g/mol. The maximum absolute atomic E-state index is 4.45. The Kier molecular flexibility index (Phi) is 4.27. The fourth-order valence-electron chi connectivity index (χ4n) is 1.10. The van der Waals surface area contributed by atoms with E-state index >= 15 is 0 Å². The molecule has 0 saturated carbocycles. The molecule has 0 unspecified atom stereocenters.